The van der Waals surface area contributed by atoms with Crippen LogP contribution in [0.1, 0.15) is 5.56 Å². The molecule has 3 rings (SSSR count). The molecule has 0 saturated carbocycles. The summed E-state index contributed by atoms with van der Waals surface area (Å²) in [6.45, 7) is 2.04. The van der Waals surface area contributed by atoms with Gasteiger partial charge in [0, 0.05) is 10.6 Å². The van der Waals surface area contributed by atoms with Gasteiger partial charge in [-0.25, -0.2) is 4.68 Å². The molecule has 1 N–H and O–H groups in total. The summed E-state index contributed by atoms with van der Waals surface area (Å²) >= 11 is 1.53. The fraction of sp³-hybridized carbons (Fsp3) is 0.125. The molecule has 0 saturated heterocycles. The first-order valence-electron chi connectivity index (χ1n) is 7.04. The van der Waals surface area contributed by atoms with Gasteiger partial charge in [0.25, 0.3) is 0 Å². The van der Waals surface area contributed by atoms with Gasteiger partial charge in [0.15, 0.2) is 0 Å². The molecule has 0 fully saturated rings. The zero-order valence-corrected chi connectivity index (χ0v) is 13.3. The standard InChI is InChI=1S/C16H15N5OS/c1-12-4-2-3-5-15(12)23-10-16(22)18-13-6-8-14(9-7-13)21-11-17-19-20-21/h2-9,11H,10H2,1H3,(H,18,22). The van der Waals surface area contributed by atoms with Gasteiger partial charge in [-0.1, -0.05) is 18.2 Å². The molecule has 0 aliphatic heterocycles. The molecule has 0 unspecified atom stereocenters. The third-order valence-electron chi connectivity index (χ3n) is 3.22. The molecule has 0 bridgehead atoms. The first kappa shape index (κ1) is 15.2. The third-order valence-corrected chi connectivity index (χ3v) is 4.39. The third kappa shape index (κ3) is 3.95. The number of amides is 1. The lowest BCUT2D eigenvalue weighted by atomic mass is 10.2. The Balaban J connectivity index is 1.57. The predicted octanol–water partition coefficient (Wildman–Crippen LogP) is 2.70. The van der Waals surface area contributed by atoms with Crippen LogP contribution in [0, 0.1) is 6.92 Å². The summed E-state index contributed by atoms with van der Waals surface area (Å²) in [5, 5.41) is 13.9. The number of thioether (sulfide) groups is 1. The van der Waals surface area contributed by atoms with E-state index in [0.717, 1.165) is 16.3 Å². The molecule has 0 radical (unpaired) electrons. The van der Waals surface area contributed by atoms with Crippen LogP contribution in [0.3, 0.4) is 0 Å². The number of hydrogen-bond donors (Lipinski definition) is 1. The minimum Gasteiger partial charge on any atom is -0.325 e. The molecular weight excluding hydrogens is 310 g/mol. The molecule has 116 valence electrons. The van der Waals surface area contributed by atoms with Crippen molar-refractivity contribution in [3.05, 3.63) is 60.4 Å². The van der Waals surface area contributed by atoms with E-state index in [1.165, 1.54) is 23.7 Å². The lowest BCUT2D eigenvalue weighted by Gasteiger charge is -2.07. The maximum absolute atomic E-state index is 12.0. The van der Waals surface area contributed by atoms with Gasteiger partial charge in [0.2, 0.25) is 5.91 Å². The van der Waals surface area contributed by atoms with E-state index < -0.39 is 0 Å². The van der Waals surface area contributed by atoms with Crippen molar-refractivity contribution in [3.8, 4) is 5.69 Å². The van der Waals surface area contributed by atoms with Crippen LogP contribution in [-0.2, 0) is 4.79 Å². The summed E-state index contributed by atoms with van der Waals surface area (Å²) in [4.78, 5) is 13.2. The summed E-state index contributed by atoms with van der Waals surface area (Å²) in [6.07, 6.45) is 1.52. The number of aromatic nitrogens is 4. The minimum absolute atomic E-state index is 0.0339. The second kappa shape index (κ2) is 7.06. The summed E-state index contributed by atoms with van der Waals surface area (Å²) in [7, 11) is 0. The van der Waals surface area contributed by atoms with Crippen molar-refractivity contribution in [1.29, 1.82) is 0 Å². The van der Waals surface area contributed by atoms with Crippen LogP contribution in [0.2, 0.25) is 0 Å². The van der Waals surface area contributed by atoms with Gasteiger partial charge in [0.1, 0.15) is 6.33 Å². The zero-order valence-electron chi connectivity index (χ0n) is 12.5. The molecule has 23 heavy (non-hydrogen) atoms. The maximum atomic E-state index is 12.0. The van der Waals surface area contributed by atoms with Crippen LogP contribution in [0.5, 0.6) is 0 Å². The van der Waals surface area contributed by atoms with Gasteiger partial charge in [-0.15, -0.1) is 16.9 Å². The second-order valence-corrected chi connectivity index (χ2v) is 5.92. The SMILES string of the molecule is Cc1ccccc1SCC(=O)Nc1ccc(-n2cnnn2)cc1. The summed E-state index contributed by atoms with van der Waals surface area (Å²) in [5.74, 6) is 0.341. The van der Waals surface area contributed by atoms with Crippen molar-refractivity contribution in [2.24, 2.45) is 0 Å². The first-order chi connectivity index (χ1) is 11.2. The molecule has 6 nitrogen and oxygen atoms in total. The van der Waals surface area contributed by atoms with Crippen molar-refractivity contribution in [1.82, 2.24) is 20.2 Å². The van der Waals surface area contributed by atoms with Crippen LogP contribution in [0.4, 0.5) is 5.69 Å². The molecule has 2 aromatic carbocycles. The van der Waals surface area contributed by atoms with Crippen LogP contribution < -0.4 is 5.32 Å². The molecule has 0 aliphatic rings. The average molecular weight is 325 g/mol. The van der Waals surface area contributed by atoms with E-state index in [2.05, 4.69) is 20.8 Å². The number of carbonyl (C=O) groups excluding carboxylic acids is 1. The van der Waals surface area contributed by atoms with E-state index in [1.54, 1.807) is 4.68 Å². The molecule has 0 spiro atoms. The normalized spacial score (nSPS) is 10.5. The fourth-order valence-corrected chi connectivity index (χ4v) is 2.87. The Morgan fingerprint density at radius 3 is 2.65 bits per heavy atom. The Bertz CT molecular complexity index is 786. The van der Waals surface area contributed by atoms with Gasteiger partial charge in [-0.2, -0.15) is 0 Å². The lowest BCUT2D eigenvalue weighted by molar-refractivity contribution is -0.113. The predicted molar refractivity (Wildman–Crippen MR) is 89.7 cm³/mol. The molecule has 7 heteroatoms. The van der Waals surface area contributed by atoms with E-state index >= 15 is 0 Å². The fourth-order valence-electron chi connectivity index (χ4n) is 2.04. The van der Waals surface area contributed by atoms with Gasteiger partial charge in [-0.05, 0) is 53.2 Å². The van der Waals surface area contributed by atoms with E-state index in [1.807, 2.05) is 55.5 Å². The number of rotatable bonds is 5. The lowest BCUT2D eigenvalue weighted by Crippen LogP contribution is -2.14. The number of anilines is 1. The summed E-state index contributed by atoms with van der Waals surface area (Å²) in [6, 6.07) is 15.4. The first-order valence-corrected chi connectivity index (χ1v) is 8.02. The van der Waals surface area contributed by atoms with E-state index in [4.69, 9.17) is 0 Å². The maximum Gasteiger partial charge on any atom is 0.234 e. The van der Waals surface area contributed by atoms with E-state index in [0.29, 0.717) is 5.75 Å². The molecule has 0 atom stereocenters. The molecule has 1 heterocycles. The Hall–Kier alpha value is -2.67. The summed E-state index contributed by atoms with van der Waals surface area (Å²) < 4.78 is 1.56. The van der Waals surface area contributed by atoms with Gasteiger partial charge >= 0.3 is 0 Å². The number of tetrazole rings is 1. The smallest absolute Gasteiger partial charge is 0.234 e. The van der Waals surface area contributed by atoms with Crippen molar-refractivity contribution in [2.45, 2.75) is 11.8 Å². The van der Waals surface area contributed by atoms with Crippen LogP contribution >= 0.6 is 11.8 Å². The molecule has 0 aliphatic carbocycles. The quantitative estimate of drug-likeness (QED) is 0.730. The average Bonchev–Trinajstić information content (AvgIpc) is 3.09. The number of nitrogens with zero attached hydrogens (tertiary/aromatic N) is 4. The number of hydrogen-bond acceptors (Lipinski definition) is 5. The highest BCUT2D eigenvalue weighted by Gasteiger charge is 2.06. The molecule has 3 aromatic rings. The van der Waals surface area contributed by atoms with Crippen molar-refractivity contribution < 1.29 is 4.79 Å². The Morgan fingerprint density at radius 2 is 1.96 bits per heavy atom. The van der Waals surface area contributed by atoms with Crippen molar-refractivity contribution in [2.75, 3.05) is 11.1 Å². The van der Waals surface area contributed by atoms with Crippen molar-refractivity contribution >= 4 is 23.4 Å². The van der Waals surface area contributed by atoms with Gasteiger partial charge in [0.05, 0.1) is 11.4 Å². The van der Waals surface area contributed by atoms with E-state index in [9.17, 15) is 4.79 Å². The monoisotopic (exact) mass is 325 g/mol. The second-order valence-electron chi connectivity index (χ2n) is 4.90. The van der Waals surface area contributed by atoms with Crippen LogP contribution in [-0.4, -0.2) is 31.9 Å². The van der Waals surface area contributed by atoms with E-state index in [-0.39, 0.29) is 5.91 Å². The minimum atomic E-state index is -0.0339. The Labute approximate surface area is 137 Å². The molecular formula is C16H15N5OS. The highest BCUT2D eigenvalue weighted by atomic mass is 32.2. The molecule has 1 amide bonds. The highest BCUT2D eigenvalue weighted by molar-refractivity contribution is 8.00. The topological polar surface area (TPSA) is 72.7 Å². The Morgan fingerprint density at radius 1 is 1.17 bits per heavy atom. The largest absolute Gasteiger partial charge is 0.325 e. The number of benzene rings is 2. The van der Waals surface area contributed by atoms with Gasteiger partial charge < -0.3 is 5.32 Å². The van der Waals surface area contributed by atoms with Crippen molar-refractivity contribution in [3.63, 3.8) is 0 Å². The van der Waals surface area contributed by atoms with Crippen LogP contribution in [0.25, 0.3) is 5.69 Å². The number of aryl methyl sites for hydroxylation is 1. The number of carbonyl (C=O) groups is 1. The summed E-state index contributed by atoms with van der Waals surface area (Å²) in [5.41, 5.74) is 2.76. The molecule has 1 aromatic heterocycles. The zero-order chi connectivity index (χ0) is 16.1. The van der Waals surface area contributed by atoms with Gasteiger partial charge in [-0.3, -0.25) is 4.79 Å². The highest BCUT2D eigenvalue weighted by Crippen LogP contribution is 2.22. The Kier molecular flexibility index (Phi) is 4.68. The number of nitrogens with one attached hydrogen (secondary N) is 1. The van der Waals surface area contributed by atoms with Crippen LogP contribution in [0.15, 0.2) is 59.8 Å².